The van der Waals surface area contributed by atoms with Gasteiger partial charge in [0, 0.05) is 15.1 Å². The first-order valence-corrected chi connectivity index (χ1v) is 6.01. The van der Waals surface area contributed by atoms with Crippen molar-refractivity contribution in [2.75, 3.05) is 12.4 Å². The molecule has 86 valence electrons. The molecule has 0 unspecified atom stereocenters. The summed E-state index contributed by atoms with van der Waals surface area (Å²) in [6, 6.07) is 7.13. The molecule has 0 atom stereocenters. The van der Waals surface area contributed by atoms with Gasteiger partial charge in [0.2, 0.25) is 0 Å². The summed E-state index contributed by atoms with van der Waals surface area (Å²) in [5, 5.41) is 20.1. The predicted octanol–water partition coefficient (Wildman–Crippen LogP) is 3.56. The summed E-state index contributed by atoms with van der Waals surface area (Å²) in [7, 11) is 1.54. The molecule has 0 heterocycles. The van der Waals surface area contributed by atoms with E-state index in [1.54, 1.807) is 25.3 Å². The van der Waals surface area contributed by atoms with Gasteiger partial charge in [0.05, 0.1) is 12.8 Å². The highest BCUT2D eigenvalue weighted by Gasteiger charge is 2.08. The molecule has 0 aliphatic heterocycles. The number of nitrogens with zero attached hydrogens (tertiary/aromatic N) is 2. The zero-order valence-electron chi connectivity index (χ0n) is 8.79. The normalized spacial score (nSPS) is 8.76. The second-order valence-corrected chi connectivity index (χ2v) is 4.66. The van der Waals surface area contributed by atoms with E-state index in [1.807, 2.05) is 6.07 Å². The summed E-state index contributed by atoms with van der Waals surface area (Å²) in [6.07, 6.45) is 1.33. The van der Waals surface area contributed by atoms with Crippen molar-refractivity contribution in [2.24, 2.45) is 0 Å². The van der Waals surface area contributed by atoms with E-state index in [0.717, 1.165) is 8.95 Å². The number of allylic oxidation sites excluding steroid dienone is 1. The largest absolute Gasteiger partial charge is 0.494 e. The number of nitrogens with one attached hydrogen (secondary N) is 1. The van der Waals surface area contributed by atoms with E-state index < -0.39 is 0 Å². The first kappa shape index (κ1) is 13.6. The lowest BCUT2D eigenvalue weighted by Crippen LogP contribution is -1.95. The maximum Gasteiger partial charge on any atom is 0.145 e. The van der Waals surface area contributed by atoms with Crippen LogP contribution in [0.1, 0.15) is 0 Å². The molecule has 0 spiro atoms. The van der Waals surface area contributed by atoms with Crippen LogP contribution < -0.4 is 10.1 Å². The number of methoxy groups -OCH3 is 1. The Balaban J connectivity index is 3.12. The van der Waals surface area contributed by atoms with Crippen LogP contribution >= 0.6 is 31.9 Å². The van der Waals surface area contributed by atoms with Crippen LogP contribution in [-0.4, -0.2) is 7.11 Å². The fraction of sp³-hybridized carbons (Fsp3) is 0.0909. The van der Waals surface area contributed by atoms with Crippen LogP contribution in [-0.2, 0) is 0 Å². The summed E-state index contributed by atoms with van der Waals surface area (Å²) < 4.78 is 6.81. The third-order valence-corrected chi connectivity index (χ3v) is 2.92. The Labute approximate surface area is 116 Å². The lowest BCUT2D eigenvalue weighted by molar-refractivity contribution is 0.416. The minimum atomic E-state index is -0.0122. The number of benzene rings is 1. The van der Waals surface area contributed by atoms with Crippen LogP contribution in [0.4, 0.5) is 5.69 Å². The smallest absolute Gasteiger partial charge is 0.145 e. The number of nitriles is 2. The maximum absolute atomic E-state index is 8.61. The lowest BCUT2D eigenvalue weighted by atomic mass is 10.3. The van der Waals surface area contributed by atoms with Crippen molar-refractivity contribution in [1.29, 1.82) is 10.5 Å². The summed E-state index contributed by atoms with van der Waals surface area (Å²) in [4.78, 5) is 0. The standard InChI is InChI=1S/C11H7Br2N3O/c1-17-10-3-8(12)2-9(13)11(10)16-6-7(4-14)5-15/h2-3,6,16H,1H3. The Hall–Kier alpha value is -1.50. The van der Waals surface area contributed by atoms with E-state index in [4.69, 9.17) is 15.3 Å². The summed E-state index contributed by atoms with van der Waals surface area (Å²) in [5.41, 5.74) is 0.639. The molecule has 17 heavy (non-hydrogen) atoms. The molecule has 1 rings (SSSR count). The number of halogens is 2. The highest BCUT2D eigenvalue weighted by Crippen LogP contribution is 2.36. The molecule has 0 radical (unpaired) electrons. The minimum absolute atomic E-state index is 0.0122. The molecule has 0 aliphatic carbocycles. The van der Waals surface area contributed by atoms with Gasteiger partial charge in [-0.2, -0.15) is 10.5 Å². The van der Waals surface area contributed by atoms with Crippen LogP contribution in [0.5, 0.6) is 5.75 Å². The third kappa shape index (κ3) is 3.48. The zero-order valence-corrected chi connectivity index (χ0v) is 12.0. The Morgan fingerprint density at radius 2 is 2.00 bits per heavy atom. The molecule has 0 amide bonds. The van der Waals surface area contributed by atoms with E-state index in [1.165, 1.54) is 6.20 Å². The van der Waals surface area contributed by atoms with Crippen LogP contribution in [0, 0.1) is 22.7 Å². The molecule has 1 aromatic carbocycles. The van der Waals surface area contributed by atoms with Crippen LogP contribution in [0.2, 0.25) is 0 Å². The molecule has 1 N–H and O–H groups in total. The number of hydrogen-bond donors (Lipinski definition) is 1. The van der Waals surface area contributed by atoms with Crippen molar-refractivity contribution in [3.63, 3.8) is 0 Å². The minimum Gasteiger partial charge on any atom is -0.494 e. The topological polar surface area (TPSA) is 68.8 Å². The van der Waals surface area contributed by atoms with Gasteiger partial charge in [-0.25, -0.2) is 0 Å². The molecule has 0 aromatic heterocycles. The van der Waals surface area contributed by atoms with Gasteiger partial charge in [-0.3, -0.25) is 0 Å². The fourth-order valence-electron chi connectivity index (χ4n) is 1.08. The number of ether oxygens (including phenoxy) is 1. The molecule has 6 heteroatoms. The summed E-state index contributed by atoms with van der Waals surface area (Å²) in [5.74, 6) is 0.595. The van der Waals surface area contributed by atoms with Crippen molar-refractivity contribution < 1.29 is 4.74 Å². The number of hydrogen-bond acceptors (Lipinski definition) is 4. The molecule has 0 bridgehead atoms. The average molecular weight is 357 g/mol. The molecular formula is C11H7Br2N3O. The fourth-order valence-corrected chi connectivity index (χ4v) is 2.39. The second-order valence-electron chi connectivity index (χ2n) is 2.89. The number of anilines is 1. The first-order chi connectivity index (χ1) is 8.12. The third-order valence-electron chi connectivity index (χ3n) is 1.84. The van der Waals surface area contributed by atoms with Crippen LogP contribution in [0.25, 0.3) is 0 Å². The Morgan fingerprint density at radius 3 is 2.53 bits per heavy atom. The molecule has 4 nitrogen and oxygen atoms in total. The molecule has 0 fully saturated rings. The Morgan fingerprint density at radius 1 is 1.35 bits per heavy atom. The highest BCUT2D eigenvalue weighted by molar-refractivity contribution is 9.11. The SMILES string of the molecule is COc1cc(Br)cc(Br)c1NC=C(C#N)C#N. The molecule has 0 saturated carbocycles. The average Bonchev–Trinajstić information content (AvgIpc) is 2.31. The zero-order chi connectivity index (χ0) is 12.8. The van der Waals surface area contributed by atoms with Crippen molar-refractivity contribution in [2.45, 2.75) is 0 Å². The first-order valence-electron chi connectivity index (χ1n) is 4.42. The monoisotopic (exact) mass is 355 g/mol. The molecular weight excluding hydrogens is 350 g/mol. The van der Waals surface area contributed by atoms with Gasteiger partial charge in [-0.05, 0) is 28.1 Å². The van der Waals surface area contributed by atoms with E-state index in [2.05, 4.69) is 37.2 Å². The summed E-state index contributed by atoms with van der Waals surface area (Å²) >= 11 is 6.70. The van der Waals surface area contributed by atoms with Gasteiger partial charge in [-0.15, -0.1) is 0 Å². The van der Waals surface area contributed by atoms with Crippen LogP contribution in [0.3, 0.4) is 0 Å². The van der Waals surface area contributed by atoms with Crippen molar-refractivity contribution >= 4 is 37.5 Å². The van der Waals surface area contributed by atoms with Crippen molar-refractivity contribution in [3.8, 4) is 17.9 Å². The lowest BCUT2D eigenvalue weighted by Gasteiger charge is -2.10. The Bertz CT molecular complexity index is 525. The molecule has 1 aromatic rings. The van der Waals surface area contributed by atoms with E-state index in [0.29, 0.717) is 11.4 Å². The maximum atomic E-state index is 8.61. The van der Waals surface area contributed by atoms with Gasteiger partial charge >= 0.3 is 0 Å². The molecule has 0 saturated heterocycles. The van der Waals surface area contributed by atoms with Gasteiger partial charge in [0.1, 0.15) is 23.5 Å². The van der Waals surface area contributed by atoms with E-state index >= 15 is 0 Å². The Kier molecular flexibility index (Phi) is 5.02. The number of rotatable bonds is 3. The summed E-state index contributed by atoms with van der Waals surface area (Å²) in [6.45, 7) is 0. The van der Waals surface area contributed by atoms with E-state index in [9.17, 15) is 0 Å². The quantitative estimate of drug-likeness (QED) is 0.840. The van der Waals surface area contributed by atoms with Crippen molar-refractivity contribution in [1.82, 2.24) is 0 Å². The van der Waals surface area contributed by atoms with Gasteiger partial charge in [0.25, 0.3) is 0 Å². The van der Waals surface area contributed by atoms with Crippen molar-refractivity contribution in [3.05, 3.63) is 32.9 Å². The molecule has 0 aliphatic rings. The second kappa shape index (κ2) is 6.29. The van der Waals surface area contributed by atoms with Gasteiger partial charge in [-0.1, -0.05) is 15.9 Å². The van der Waals surface area contributed by atoms with Crippen LogP contribution in [0.15, 0.2) is 32.9 Å². The highest BCUT2D eigenvalue weighted by atomic mass is 79.9. The van der Waals surface area contributed by atoms with Gasteiger partial charge < -0.3 is 10.1 Å². The van der Waals surface area contributed by atoms with Gasteiger partial charge in [0.15, 0.2) is 0 Å². The predicted molar refractivity (Wildman–Crippen MR) is 71.3 cm³/mol. The van der Waals surface area contributed by atoms with E-state index in [-0.39, 0.29) is 5.57 Å².